The fraction of sp³-hybridized carbons (Fsp3) is 0.800. The van der Waals surface area contributed by atoms with E-state index in [0.29, 0.717) is 11.3 Å². The average molecular weight is 274 g/mol. The lowest BCUT2D eigenvalue weighted by Crippen LogP contribution is -2.28. The molecule has 2 rings (SSSR count). The minimum absolute atomic E-state index is 0.415. The molecule has 0 nitrogen and oxygen atoms in total. The van der Waals surface area contributed by atoms with Crippen LogP contribution in [0.15, 0.2) is 23.8 Å². The van der Waals surface area contributed by atoms with Gasteiger partial charge in [-0.3, -0.25) is 0 Å². The van der Waals surface area contributed by atoms with E-state index in [1.165, 1.54) is 38.5 Å². The molecule has 2 fully saturated rings. The SMILES string of the molecule is C=CC1(C(C)C(=C(C)CC)C(C)C2CCC2)CC1CC. The Morgan fingerprint density at radius 1 is 1.30 bits per heavy atom. The van der Waals surface area contributed by atoms with E-state index >= 15 is 0 Å². The van der Waals surface area contributed by atoms with Crippen LogP contribution in [0.2, 0.25) is 0 Å². The molecule has 0 aromatic heterocycles. The lowest BCUT2D eigenvalue weighted by Gasteiger charge is -2.38. The van der Waals surface area contributed by atoms with Gasteiger partial charge in [0.2, 0.25) is 0 Å². The van der Waals surface area contributed by atoms with Gasteiger partial charge in [0, 0.05) is 0 Å². The van der Waals surface area contributed by atoms with E-state index in [-0.39, 0.29) is 0 Å². The van der Waals surface area contributed by atoms with Gasteiger partial charge in [0.05, 0.1) is 0 Å². The summed E-state index contributed by atoms with van der Waals surface area (Å²) in [5.41, 5.74) is 3.85. The molecule has 0 N–H and O–H groups in total. The van der Waals surface area contributed by atoms with Crippen molar-refractivity contribution in [2.45, 2.75) is 73.1 Å². The minimum atomic E-state index is 0.415. The van der Waals surface area contributed by atoms with Gasteiger partial charge in [0.25, 0.3) is 0 Å². The topological polar surface area (TPSA) is 0 Å². The Bertz CT molecular complexity index is 385. The molecule has 0 heteroatoms. The van der Waals surface area contributed by atoms with Gasteiger partial charge < -0.3 is 0 Å². The first kappa shape index (κ1) is 15.9. The highest BCUT2D eigenvalue weighted by atomic mass is 14.6. The molecule has 20 heavy (non-hydrogen) atoms. The van der Waals surface area contributed by atoms with E-state index in [9.17, 15) is 0 Å². The molecule has 0 amide bonds. The molecular weight excluding hydrogens is 240 g/mol. The first-order chi connectivity index (χ1) is 9.51. The Hall–Kier alpha value is -0.520. The zero-order chi connectivity index (χ0) is 14.9. The van der Waals surface area contributed by atoms with Gasteiger partial charge in [0.15, 0.2) is 0 Å². The van der Waals surface area contributed by atoms with Crippen molar-refractivity contribution in [3.05, 3.63) is 23.8 Å². The highest BCUT2D eigenvalue weighted by molar-refractivity contribution is 5.28. The second-order valence-electron chi connectivity index (χ2n) is 7.42. The molecule has 0 saturated heterocycles. The highest BCUT2D eigenvalue weighted by Crippen LogP contribution is 2.63. The summed E-state index contributed by atoms with van der Waals surface area (Å²) in [6.07, 6.45) is 10.5. The largest absolute Gasteiger partial charge is 0.102 e. The third-order valence-corrected chi connectivity index (χ3v) is 6.72. The van der Waals surface area contributed by atoms with Gasteiger partial charge in [-0.1, -0.05) is 57.8 Å². The van der Waals surface area contributed by atoms with Crippen molar-refractivity contribution in [1.29, 1.82) is 0 Å². The van der Waals surface area contributed by atoms with Crippen LogP contribution in [0.25, 0.3) is 0 Å². The monoisotopic (exact) mass is 274 g/mol. The summed E-state index contributed by atoms with van der Waals surface area (Å²) in [6, 6.07) is 0. The quantitative estimate of drug-likeness (QED) is 0.472. The molecule has 2 saturated carbocycles. The van der Waals surface area contributed by atoms with Crippen molar-refractivity contribution in [2.75, 3.05) is 0 Å². The van der Waals surface area contributed by atoms with E-state index < -0.39 is 0 Å². The Kier molecular flexibility index (Phi) is 4.82. The molecule has 114 valence electrons. The predicted molar refractivity (Wildman–Crippen MR) is 89.7 cm³/mol. The van der Waals surface area contributed by atoms with Crippen LogP contribution in [0.5, 0.6) is 0 Å². The standard InChI is InChI=1S/C20H34/c1-7-14(4)19(15(5)17-11-10-12-17)16(6)20(9-3)13-18(20)8-2/h9,15-18H,3,7-8,10-13H2,1-2,4-6H3. The highest BCUT2D eigenvalue weighted by Gasteiger charge is 2.55. The molecule has 0 heterocycles. The van der Waals surface area contributed by atoms with Crippen molar-refractivity contribution in [1.82, 2.24) is 0 Å². The molecule has 0 aliphatic heterocycles. The van der Waals surface area contributed by atoms with Gasteiger partial charge >= 0.3 is 0 Å². The molecule has 4 unspecified atom stereocenters. The smallest absolute Gasteiger partial charge is 0.00266 e. The van der Waals surface area contributed by atoms with Crippen LogP contribution in [0.3, 0.4) is 0 Å². The maximum absolute atomic E-state index is 4.20. The Morgan fingerprint density at radius 3 is 2.30 bits per heavy atom. The van der Waals surface area contributed by atoms with Crippen LogP contribution in [0.4, 0.5) is 0 Å². The van der Waals surface area contributed by atoms with Crippen LogP contribution in [-0.4, -0.2) is 0 Å². The fourth-order valence-electron chi connectivity index (χ4n) is 4.69. The van der Waals surface area contributed by atoms with Gasteiger partial charge in [0.1, 0.15) is 0 Å². The third-order valence-electron chi connectivity index (χ3n) is 6.72. The number of hydrogen-bond donors (Lipinski definition) is 0. The maximum atomic E-state index is 4.20. The summed E-state index contributed by atoms with van der Waals surface area (Å²) in [6.45, 7) is 16.2. The van der Waals surface area contributed by atoms with E-state index in [1.54, 1.807) is 11.1 Å². The Labute approximate surface area is 126 Å². The second-order valence-corrected chi connectivity index (χ2v) is 7.42. The first-order valence-corrected chi connectivity index (χ1v) is 8.84. The van der Waals surface area contributed by atoms with Crippen LogP contribution in [-0.2, 0) is 0 Å². The van der Waals surface area contributed by atoms with Crippen molar-refractivity contribution in [3.8, 4) is 0 Å². The van der Waals surface area contributed by atoms with E-state index in [1.807, 2.05) is 0 Å². The first-order valence-electron chi connectivity index (χ1n) is 8.84. The van der Waals surface area contributed by atoms with Gasteiger partial charge in [-0.15, -0.1) is 6.58 Å². The molecule has 0 aromatic rings. The van der Waals surface area contributed by atoms with Crippen LogP contribution < -0.4 is 0 Å². The summed E-state index contributed by atoms with van der Waals surface area (Å²) >= 11 is 0. The van der Waals surface area contributed by atoms with Crippen molar-refractivity contribution in [3.63, 3.8) is 0 Å². The molecule has 0 bridgehead atoms. The lowest BCUT2D eigenvalue weighted by atomic mass is 9.67. The summed E-state index contributed by atoms with van der Waals surface area (Å²) < 4.78 is 0. The Balaban J connectivity index is 2.25. The van der Waals surface area contributed by atoms with Crippen molar-refractivity contribution < 1.29 is 0 Å². The van der Waals surface area contributed by atoms with E-state index in [4.69, 9.17) is 0 Å². The van der Waals surface area contributed by atoms with Gasteiger partial charge in [-0.25, -0.2) is 0 Å². The molecule has 0 radical (unpaired) electrons. The number of rotatable bonds is 7. The van der Waals surface area contributed by atoms with Crippen LogP contribution in [0, 0.1) is 29.1 Å². The van der Waals surface area contributed by atoms with Gasteiger partial charge in [-0.05, 0) is 61.7 Å². The third kappa shape index (κ3) is 2.51. The van der Waals surface area contributed by atoms with Crippen molar-refractivity contribution >= 4 is 0 Å². The normalized spacial score (nSPS) is 34.0. The van der Waals surface area contributed by atoms with Crippen LogP contribution >= 0.6 is 0 Å². The zero-order valence-corrected chi connectivity index (χ0v) is 14.3. The van der Waals surface area contributed by atoms with Gasteiger partial charge in [-0.2, -0.15) is 0 Å². The number of allylic oxidation sites excluding steroid dienone is 3. The minimum Gasteiger partial charge on any atom is -0.102 e. The van der Waals surface area contributed by atoms with E-state index in [2.05, 4.69) is 47.3 Å². The summed E-state index contributed by atoms with van der Waals surface area (Å²) in [4.78, 5) is 0. The molecule has 4 atom stereocenters. The molecule has 0 spiro atoms. The summed E-state index contributed by atoms with van der Waals surface area (Å²) in [5, 5.41) is 0. The molecule has 2 aliphatic rings. The summed E-state index contributed by atoms with van der Waals surface area (Å²) in [7, 11) is 0. The predicted octanol–water partition coefficient (Wildman–Crippen LogP) is 6.39. The maximum Gasteiger partial charge on any atom is -0.00266 e. The van der Waals surface area contributed by atoms with E-state index in [0.717, 1.165) is 17.8 Å². The second kappa shape index (κ2) is 6.08. The molecule has 0 aromatic carbocycles. The Morgan fingerprint density at radius 2 is 1.95 bits per heavy atom. The van der Waals surface area contributed by atoms with Crippen molar-refractivity contribution in [2.24, 2.45) is 29.1 Å². The summed E-state index contributed by atoms with van der Waals surface area (Å²) in [5.74, 6) is 3.31. The fourth-order valence-corrected chi connectivity index (χ4v) is 4.69. The molecule has 2 aliphatic carbocycles. The average Bonchev–Trinajstić information content (AvgIpc) is 3.11. The zero-order valence-electron chi connectivity index (χ0n) is 14.3. The lowest BCUT2D eigenvalue weighted by molar-refractivity contribution is 0.224. The van der Waals surface area contributed by atoms with Crippen LogP contribution in [0.1, 0.15) is 73.1 Å². The molecular formula is C20H34. The number of hydrogen-bond acceptors (Lipinski definition) is 0.